The van der Waals surface area contributed by atoms with Gasteiger partial charge in [0.2, 0.25) is 5.13 Å². The molecule has 0 amide bonds. The van der Waals surface area contributed by atoms with Crippen LogP contribution in [0.5, 0.6) is 5.75 Å². The van der Waals surface area contributed by atoms with Crippen LogP contribution in [0.2, 0.25) is 0 Å². The minimum Gasteiger partial charge on any atom is -0.494 e. The molecule has 0 bridgehead atoms. The van der Waals surface area contributed by atoms with Gasteiger partial charge in [0.25, 0.3) is 0 Å². The highest BCUT2D eigenvalue weighted by Crippen LogP contribution is 2.15. The smallest absolute Gasteiger partial charge is 0.205 e. The zero-order valence-corrected chi connectivity index (χ0v) is 9.83. The van der Waals surface area contributed by atoms with Crippen LogP contribution in [0.1, 0.15) is 12.5 Å². The number of benzene rings is 1. The number of nitrogens with zero attached hydrogens (tertiary/aromatic N) is 2. The monoisotopic (exact) mass is 235 g/mol. The van der Waals surface area contributed by atoms with Crippen molar-refractivity contribution in [2.24, 2.45) is 0 Å². The maximum absolute atomic E-state index is 5.43. The fourth-order valence-corrected chi connectivity index (χ4v) is 1.78. The molecule has 0 saturated carbocycles. The van der Waals surface area contributed by atoms with Gasteiger partial charge in [-0.3, -0.25) is 0 Å². The minimum absolute atomic E-state index is 0.688. The molecule has 0 aliphatic carbocycles. The van der Waals surface area contributed by atoms with Crippen LogP contribution in [0.15, 0.2) is 29.8 Å². The number of anilines is 1. The summed E-state index contributed by atoms with van der Waals surface area (Å²) in [6.07, 6.45) is 0. The van der Waals surface area contributed by atoms with Crippen molar-refractivity contribution in [3.8, 4) is 5.75 Å². The molecule has 2 rings (SSSR count). The van der Waals surface area contributed by atoms with Crippen molar-refractivity contribution in [1.29, 1.82) is 0 Å². The number of ether oxygens (including phenoxy) is 1. The van der Waals surface area contributed by atoms with E-state index in [1.807, 2.05) is 25.1 Å². The summed E-state index contributed by atoms with van der Waals surface area (Å²) < 4.78 is 5.43. The predicted octanol–water partition coefficient (Wildman–Crippen LogP) is 2.55. The molecule has 1 N–H and O–H groups in total. The molecule has 84 valence electrons. The van der Waals surface area contributed by atoms with Crippen LogP contribution in [0, 0.1) is 0 Å². The molecule has 1 aromatic carbocycles. The van der Waals surface area contributed by atoms with Gasteiger partial charge in [-0.05, 0) is 24.6 Å². The molecule has 1 aromatic heterocycles. The first-order valence-electron chi connectivity index (χ1n) is 5.10. The Bertz CT molecular complexity index is 431. The highest BCUT2D eigenvalue weighted by atomic mass is 32.1. The lowest BCUT2D eigenvalue weighted by Gasteiger charge is -2.06. The van der Waals surface area contributed by atoms with Gasteiger partial charge in [-0.2, -0.15) is 0 Å². The van der Waals surface area contributed by atoms with E-state index < -0.39 is 0 Å². The van der Waals surface area contributed by atoms with E-state index in [-0.39, 0.29) is 0 Å². The molecule has 2 aromatic rings. The van der Waals surface area contributed by atoms with Crippen LogP contribution in [-0.4, -0.2) is 16.8 Å². The molecular weight excluding hydrogens is 222 g/mol. The van der Waals surface area contributed by atoms with Gasteiger partial charge >= 0.3 is 0 Å². The van der Waals surface area contributed by atoms with E-state index >= 15 is 0 Å². The Balaban J connectivity index is 1.96. The Labute approximate surface area is 98.3 Å². The lowest BCUT2D eigenvalue weighted by atomic mass is 10.2. The number of aromatic nitrogens is 2. The molecule has 5 heteroatoms. The quantitative estimate of drug-likeness (QED) is 0.865. The lowest BCUT2D eigenvalue weighted by molar-refractivity contribution is 0.340. The summed E-state index contributed by atoms with van der Waals surface area (Å²) in [4.78, 5) is 0. The van der Waals surface area contributed by atoms with Crippen LogP contribution in [0.25, 0.3) is 0 Å². The first kappa shape index (κ1) is 10.9. The highest BCUT2D eigenvalue weighted by Gasteiger charge is 1.98. The van der Waals surface area contributed by atoms with E-state index in [1.165, 1.54) is 16.9 Å². The molecular formula is C11H13N3OS. The zero-order chi connectivity index (χ0) is 11.2. The van der Waals surface area contributed by atoms with E-state index in [4.69, 9.17) is 4.74 Å². The van der Waals surface area contributed by atoms with Gasteiger partial charge < -0.3 is 10.1 Å². The number of hydrogen-bond acceptors (Lipinski definition) is 5. The van der Waals surface area contributed by atoms with Crippen LogP contribution < -0.4 is 10.1 Å². The third-order valence-corrected chi connectivity index (χ3v) is 2.66. The Kier molecular flexibility index (Phi) is 3.71. The second kappa shape index (κ2) is 5.46. The summed E-state index contributed by atoms with van der Waals surface area (Å²) in [7, 11) is 0. The molecule has 0 radical (unpaired) electrons. The van der Waals surface area contributed by atoms with Gasteiger partial charge in [-0.25, -0.2) is 0 Å². The van der Waals surface area contributed by atoms with Crippen molar-refractivity contribution in [3.63, 3.8) is 0 Å². The maximum Gasteiger partial charge on any atom is 0.205 e. The molecule has 0 aliphatic rings. The molecule has 1 heterocycles. The van der Waals surface area contributed by atoms with Gasteiger partial charge in [0, 0.05) is 6.54 Å². The van der Waals surface area contributed by atoms with E-state index in [1.54, 1.807) is 5.51 Å². The maximum atomic E-state index is 5.43. The second-order valence-electron chi connectivity index (χ2n) is 3.18. The second-order valence-corrected chi connectivity index (χ2v) is 4.01. The average molecular weight is 235 g/mol. The zero-order valence-electron chi connectivity index (χ0n) is 9.01. The first-order valence-corrected chi connectivity index (χ1v) is 5.98. The molecule has 0 unspecified atom stereocenters. The molecule has 0 spiro atoms. The minimum atomic E-state index is 0.688. The summed E-state index contributed by atoms with van der Waals surface area (Å²) >= 11 is 1.49. The standard InChI is InChI=1S/C11H13N3OS/c1-2-15-10-5-3-4-9(6-10)7-12-11-14-13-8-16-11/h3-6,8H,2,7H2,1H3,(H,12,14). The van der Waals surface area contributed by atoms with Gasteiger partial charge in [-0.1, -0.05) is 23.5 Å². The van der Waals surface area contributed by atoms with Crippen LogP contribution in [-0.2, 0) is 6.54 Å². The van der Waals surface area contributed by atoms with E-state index in [0.717, 1.165) is 17.4 Å². The van der Waals surface area contributed by atoms with Gasteiger partial charge in [-0.15, -0.1) is 10.2 Å². The highest BCUT2D eigenvalue weighted by molar-refractivity contribution is 7.13. The summed E-state index contributed by atoms with van der Waals surface area (Å²) in [6.45, 7) is 3.40. The molecule has 0 atom stereocenters. The first-order chi connectivity index (χ1) is 7.88. The van der Waals surface area contributed by atoms with Crippen LogP contribution >= 0.6 is 11.3 Å². The molecule has 16 heavy (non-hydrogen) atoms. The number of nitrogens with one attached hydrogen (secondary N) is 1. The van der Waals surface area contributed by atoms with E-state index in [2.05, 4.69) is 21.6 Å². The van der Waals surface area contributed by atoms with E-state index in [9.17, 15) is 0 Å². The van der Waals surface area contributed by atoms with Crippen molar-refractivity contribution in [2.45, 2.75) is 13.5 Å². The molecule has 4 nitrogen and oxygen atoms in total. The Morgan fingerprint density at radius 1 is 1.44 bits per heavy atom. The summed E-state index contributed by atoms with van der Waals surface area (Å²) in [5.41, 5.74) is 2.88. The van der Waals surface area contributed by atoms with E-state index in [0.29, 0.717) is 6.61 Å². The Morgan fingerprint density at radius 3 is 3.12 bits per heavy atom. The summed E-state index contributed by atoms with van der Waals surface area (Å²) in [5.74, 6) is 0.902. The van der Waals surface area contributed by atoms with Crippen molar-refractivity contribution in [1.82, 2.24) is 10.2 Å². The van der Waals surface area contributed by atoms with Crippen molar-refractivity contribution < 1.29 is 4.74 Å². The number of hydrogen-bond donors (Lipinski definition) is 1. The van der Waals surface area contributed by atoms with Gasteiger partial charge in [0.1, 0.15) is 11.3 Å². The van der Waals surface area contributed by atoms with Crippen LogP contribution in [0.3, 0.4) is 0 Å². The fourth-order valence-electron chi connectivity index (χ4n) is 1.34. The van der Waals surface area contributed by atoms with Crippen molar-refractivity contribution in [2.75, 3.05) is 11.9 Å². The Hall–Kier alpha value is -1.62. The average Bonchev–Trinajstić information content (AvgIpc) is 2.80. The Morgan fingerprint density at radius 2 is 2.38 bits per heavy atom. The van der Waals surface area contributed by atoms with Gasteiger partial charge in [0.15, 0.2) is 0 Å². The normalized spacial score (nSPS) is 10.1. The fraction of sp³-hybridized carbons (Fsp3) is 0.273. The lowest BCUT2D eigenvalue weighted by Crippen LogP contribution is -1.99. The van der Waals surface area contributed by atoms with Crippen molar-refractivity contribution >= 4 is 16.5 Å². The third-order valence-electron chi connectivity index (χ3n) is 2.01. The SMILES string of the molecule is CCOc1cccc(CNc2nncs2)c1. The molecule has 0 fully saturated rings. The number of rotatable bonds is 5. The summed E-state index contributed by atoms with van der Waals surface area (Å²) in [5, 5.41) is 11.7. The van der Waals surface area contributed by atoms with Gasteiger partial charge in [0.05, 0.1) is 6.61 Å². The largest absolute Gasteiger partial charge is 0.494 e. The van der Waals surface area contributed by atoms with Crippen LogP contribution in [0.4, 0.5) is 5.13 Å². The van der Waals surface area contributed by atoms with Crippen molar-refractivity contribution in [3.05, 3.63) is 35.3 Å². The summed E-state index contributed by atoms with van der Waals surface area (Å²) in [6, 6.07) is 8.02. The topological polar surface area (TPSA) is 47.0 Å². The molecule has 0 aliphatic heterocycles. The third kappa shape index (κ3) is 2.93. The molecule has 0 saturated heterocycles. The predicted molar refractivity (Wildman–Crippen MR) is 64.8 cm³/mol.